The van der Waals surface area contributed by atoms with Gasteiger partial charge in [0.2, 0.25) is 0 Å². The molecule has 0 aliphatic carbocycles. The number of nitrogens with one attached hydrogen (secondary N) is 1. The monoisotopic (exact) mass is 614 g/mol. The van der Waals surface area contributed by atoms with Crippen LogP contribution in [0.2, 0.25) is 0 Å². The van der Waals surface area contributed by atoms with E-state index in [4.69, 9.17) is 4.74 Å². The van der Waals surface area contributed by atoms with Crippen molar-refractivity contribution in [1.29, 1.82) is 0 Å². The Morgan fingerprint density at radius 2 is 1.57 bits per heavy atom. The summed E-state index contributed by atoms with van der Waals surface area (Å²) in [6, 6.07) is 32.6. The second-order valence-corrected chi connectivity index (χ2v) is 12.0. The summed E-state index contributed by atoms with van der Waals surface area (Å²) in [5.41, 5.74) is 3.50. The van der Waals surface area contributed by atoms with Crippen LogP contribution in [0.3, 0.4) is 0 Å². The molecular formula is C32H27BrN2O4S. The summed E-state index contributed by atoms with van der Waals surface area (Å²) < 4.78 is 34.9. The summed E-state index contributed by atoms with van der Waals surface area (Å²) in [4.78, 5) is 13.2. The van der Waals surface area contributed by atoms with E-state index in [0.717, 1.165) is 27.6 Å². The molecule has 0 heterocycles. The molecule has 0 saturated heterocycles. The molecule has 0 atom stereocenters. The minimum absolute atomic E-state index is 0.0836. The largest absolute Gasteiger partial charge is 0.496 e. The number of nitrogens with zero attached hydrogens (tertiary/aromatic N) is 1. The van der Waals surface area contributed by atoms with Gasteiger partial charge in [0.15, 0.2) is 0 Å². The van der Waals surface area contributed by atoms with Crippen molar-refractivity contribution in [1.82, 2.24) is 0 Å². The molecule has 0 bridgehead atoms. The van der Waals surface area contributed by atoms with Gasteiger partial charge in [0.1, 0.15) is 5.75 Å². The summed E-state index contributed by atoms with van der Waals surface area (Å²) in [5, 5.41) is 4.99. The number of benzene rings is 5. The van der Waals surface area contributed by atoms with Gasteiger partial charge >= 0.3 is 0 Å². The van der Waals surface area contributed by atoms with Crippen LogP contribution in [0, 0.1) is 6.92 Å². The van der Waals surface area contributed by atoms with Crippen LogP contribution >= 0.6 is 15.9 Å². The van der Waals surface area contributed by atoms with Gasteiger partial charge in [-0.15, -0.1) is 0 Å². The summed E-state index contributed by atoms with van der Waals surface area (Å²) in [6.07, 6.45) is 0. The van der Waals surface area contributed by atoms with Crippen LogP contribution in [0.15, 0.2) is 119 Å². The number of sulfonamides is 1. The Morgan fingerprint density at radius 3 is 2.27 bits per heavy atom. The van der Waals surface area contributed by atoms with E-state index >= 15 is 0 Å². The van der Waals surface area contributed by atoms with Gasteiger partial charge in [-0.05, 0) is 82.3 Å². The van der Waals surface area contributed by atoms with E-state index in [1.807, 2.05) is 61.5 Å². The van der Waals surface area contributed by atoms with Gasteiger partial charge in [-0.2, -0.15) is 0 Å². The van der Waals surface area contributed by atoms with Crippen molar-refractivity contribution < 1.29 is 17.9 Å². The molecule has 0 fully saturated rings. The number of rotatable bonds is 8. The highest BCUT2D eigenvalue weighted by atomic mass is 79.9. The van der Waals surface area contributed by atoms with Gasteiger partial charge in [-0.1, -0.05) is 66.2 Å². The third-order valence-corrected chi connectivity index (χ3v) is 9.00. The van der Waals surface area contributed by atoms with Crippen molar-refractivity contribution in [3.8, 4) is 5.75 Å². The predicted octanol–water partition coefficient (Wildman–Crippen LogP) is 7.57. The van der Waals surface area contributed by atoms with Gasteiger partial charge < -0.3 is 10.1 Å². The van der Waals surface area contributed by atoms with E-state index < -0.39 is 10.0 Å². The Hall–Kier alpha value is -4.14. The lowest BCUT2D eigenvalue weighted by atomic mass is 10.1. The second-order valence-electron chi connectivity index (χ2n) is 9.32. The first-order valence-electron chi connectivity index (χ1n) is 12.6. The Bertz CT molecular complexity index is 1780. The Balaban J connectivity index is 1.42. The molecule has 5 rings (SSSR count). The molecule has 0 unspecified atom stereocenters. The molecule has 40 heavy (non-hydrogen) atoms. The van der Waals surface area contributed by atoms with Crippen LogP contribution in [0.4, 0.5) is 11.4 Å². The lowest BCUT2D eigenvalue weighted by molar-refractivity contribution is 0.102. The first-order chi connectivity index (χ1) is 19.3. The quantitative estimate of drug-likeness (QED) is 0.196. The molecule has 5 aromatic rings. The topological polar surface area (TPSA) is 75.7 Å². The number of aryl methyl sites for hydroxylation is 1. The zero-order chi connectivity index (χ0) is 28.3. The van der Waals surface area contributed by atoms with E-state index in [9.17, 15) is 13.2 Å². The van der Waals surface area contributed by atoms with E-state index in [0.29, 0.717) is 21.5 Å². The number of amides is 1. The Kier molecular flexibility index (Phi) is 7.91. The maximum absolute atomic E-state index is 13.9. The first-order valence-corrected chi connectivity index (χ1v) is 14.8. The average Bonchev–Trinajstić information content (AvgIpc) is 2.97. The third kappa shape index (κ3) is 5.73. The smallest absolute Gasteiger partial charge is 0.264 e. The van der Waals surface area contributed by atoms with Crippen LogP contribution < -0.4 is 14.4 Å². The van der Waals surface area contributed by atoms with Gasteiger partial charge in [-0.25, -0.2) is 8.42 Å². The van der Waals surface area contributed by atoms with E-state index in [2.05, 4.69) is 21.2 Å². The number of fused-ring (bicyclic) bond motifs is 1. The van der Waals surface area contributed by atoms with E-state index in [-0.39, 0.29) is 17.3 Å². The number of methoxy groups -OCH3 is 1. The van der Waals surface area contributed by atoms with Gasteiger partial charge in [0.05, 0.1) is 28.7 Å². The molecule has 0 saturated carbocycles. The number of anilines is 2. The number of halogens is 1. The van der Waals surface area contributed by atoms with Crippen molar-refractivity contribution in [3.05, 3.63) is 130 Å². The standard InChI is InChI=1S/C32H27BrN2O4S/c1-22-10-16-26(17-11-22)35(40(37,38)27-18-19-31(39-2)29(33)20-27)21-23-12-14-25(15-13-23)32(36)34-30-9-5-7-24-6-3-4-8-28(24)30/h3-20H,21H2,1-2H3,(H,34,36). The predicted molar refractivity (Wildman–Crippen MR) is 164 cm³/mol. The van der Waals surface area contributed by atoms with E-state index in [1.54, 1.807) is 42.5 Å². The summed E-state index contributed by atoms with van der Waals surface area (Å²) in [7, 11) is -2.41. The fourth-order valence-corrected chi connectivity index (χ4v) is 6.59. The summed E-state index contributed by atoms with van der Waals surface area (Å²) >= 11 is 3.39. The number of carbonyl (C=O) groups is 1. The SMILES string of the molecule is COc1ccc(S(=O)(=O)N(Cc2ccc(C(=O)Nc3cccc4ccccc34)cc2)c2ccc(C)cc2)cc1Br. The fourth-order valence-electron chi connectivity index (χ4n) is 4.42. The van der Waals surface area contributed by atoms with Crippen molar-refractivity contribution >= 4 is 54.0 Å². The summed E-state index contributed by atoms with van der Waals surface area (Å²) in [5.74, 6) is 0.298. The van der Waals surface area contributed by atoms with Crippen molar-refractivity contribution in [2.75, 3.05) is 16.7 Å². The van der Waals surface area contributed by atoms with Crippen molar-refractivity contribution in [3.63, 3.8) is 0 Å². The molecule has 0 radical (unpaired) electrons. The molecule has 0 aliphatic rings. The van der Waals surface area contributed by atoms with Gasteiger partial charge in [-0.3, -0.25) is 9.10 Å². The first kappa shape index (κ1) is 27.4. The second kappa shape index (κ2) is 11.5. The zero-order valence-corrected chi connectivity index (χ0v) is 24.4. The maximum Gasteiger partial charge on any atom is 0.264 e. The molecule has 6 nitrogen and oxygen atoms in total. The highest BCUT2D eigenvalue weighted by molar-refractivity contribution is 9.10. The number of carbonyl (C=O) groups excluding carboxylic acids is 1. The Labute approximate surface area is 242 Å². The van der Waals surface area contributed by atoms with Crippen LogP contribution in [-0.2, 0) is 16.6 Å². The molecule has 0 spiro atoms. The lowest BCUT2D eigenvalue weighted by Crippen LogP contribution is -2.30. The van der Waals surface area contributed by atoms with Crippen LogP contribution in [-0.4, -0.2) is 21.4 Å². The number of hydrogen-bond donors (Lipinski definition) is 1. The Morgan fingerprint density at radius 1 is 0.875 bits per heavy atom. The molecule has 8 heteroatoms. The van der Waals surface area contributed by atoms with Crippen molar-refractivity contribution in [2.24, 2.45) is 0 Å². The highest BCUT2D eigenvalue weighted by Gasteiger charge is 2.26. The lowest BCUT2D eigenvalue weighted by Gasteiger charge is -2.25. The summed E-state index contributed by atoms with van der Waals surface area (Å²) in [6.45, 7) is 2.03. The van der Waals surface area contributed by atoms with E-state index in [1.165, 1.54) is 23.5 Å². The van der Waals surface area contributed by atoms with Gasteiger partial charge in [0.25, 0.3) is 15.9 Å². The molecule has 1 amide bonds. The molecule has 0 aliphatic heterocycles. The minimum Gasteiger partial charge on any atom is -0.496 e. The van der Waals surface area contributed by atoms with Crippen LogP contribution in [0.25, 0.3) is 10.8 Å². The van der Waals surface area contributed by atoms with Crippen LogP contribution in [0.5, 0.6) is 5.75 Å². The molecule has 202 valence electrons. The van der Waals surface area contributed by atoms with Crippen LogP contribution in [0.1, 0.15) is 21.5 Å². The molecular weight excluding hydrogens is 588 g/mol. The number of ether oxygens (including phenoxy) is 1. The third-order valence-electron chi connectivity index (χ3n) is 6.61. The van der Waals surface area contributed by atoms with Gasteiger partial charge in [0, 0.05) is 16.6 Å². The van der Waals surface area contributed by atoms with Crippen molar-refractivity contribution in [2.45, 2.75) is 18.4 Å². The number of hydrogen-bond acceptors (Lipinski definition) is 4. The normalized spacial score (nSPS) is 11.3. The zero-order valence-electron chi connectivity index (χ0n) is 22.0. The minimum atomic E-state index is -3.93. The highest BCUT2D eigenvalue weighted by Crippen LogP contribution is 2.32. The fraction of sp³-hybridized carbons (Fsp3) is 0.0938. The average molecular weight is 616 g/mol. The molecule has 0 aromatic heterocycles. The maximum atomic E-state index is 13.9. The molecule has 5 aromatic carbocycles. The molecule has 1 N–H and O–H groups in total.